The molecule has 0 aromatic carbocycles. The number of nitrogens with two attached hydrogens (primary N) is 1. The average molecular weight is 197 g/mol. The van der Waals surface area contributed by atoms with Crippen molar-refractivity contribution < 1.29 is 5.11 Å². The summed E-state index contributed by atoms with van der Waals surface area (Å²) < 4.78 is 0. The van der Waals surface area contributed by atoms with Crippen LogP contribution in [0.15, 0.2) is 23.1 Å². The Morgan fingerprint density at radius 2 is 1.86 bits per heavy atom. The van der Waals surface area contributed by atoms with Crippen molar-refractivity contribution in [3.05, 3.63) is 23.1 Å². The topological polar surface area (TPSA) is 46.2 Å². The molecule has 0 aliphatic heterocycles. The first-order valence-corrected chi connectivity index (χ1v) is 5.17. The Hall–Kier alpha value is -0.920. The Kier molecular flexibility index (Phi) is 4.75. The van der Waals surface area contributed by atoms with Crippen molar-refractivity contribution in [1.29, 1.82) is 0 Å². The third kappa shape index (κ3) is 3.86. The molecular formula is C12H23NO. The largest absolute Gasteiger partial charge is 0.495 e. The summed E-state index contributed by atoms with van der Waals surface area (Å²) in [6.07, 6.45) is 4.30. The molecule has 2 heteroatoms. The van der Waals surface area contributed by atoms with Crippen LogP contribution in [0.25, 0.3) is 0 Å². The van der Waals surface area contributed by atoms with Gasteiger partial charge in [0.15, 0.2) is 5.88 Å². The van der Waals surface area contributed by atoms with Crippen LogP contribution >= 0.6 is 0 Å². The molecule has 0 radical (unpaired) electrons. The normalized spacial score (nSPS) is 15.4. The van der Waals surface area contributed by atoms with Crippen LogP contribution in [0.3, 0.4) is 0 Å². The summed E-state index contributed by atoms with van der Waals surface area (Å²) in [7, 11) is 0. The molecule has 0 fully saturated rings. The van der Waals surface area contributed by atoms with Crippen LogP contribution in [0, 0.1) is 5.41 Å². The minimum absolute atomic E-state index is 0.0343. The first-order chi connectivity index (χ1) is 6.30. The predicted molar refractivity (Wildman–Crippen MR) is 62.0 cm³/mol. The summed E-state index contributed by atoms with van der Waals surface area (Å²) in [5, 5.41) is 9.27. The Morgan fingerprint density at radius 3 is 2.14 bits per heavy atom. The highest BCUT2D eigenvalue weighted by Crippen LogP contribution is 2.31. The van der Waals surface area contributed by atoms with E-state index in [1.165, 1.54) is 0 Å². The van der Waals surface area contributed by atoms with Gasteiger partial charge in [-0.15, -0.1) is 0 Å². The predicted octanol–water partition coefficient (Wildman–Crippen LogP) is 3.51. The number of hydrogen-bond acceptors (Lipinski definition) is 2. The summed E-state index contributed by atoms with van der Waals surface area (Å²) in [6, 6.07) is 0. The molecule has 0 aliphatic rings. The van der Waals surface area contributed by atoms with Crippen LogP contribution in [0.4, 0.5) is 0 Å². The van der Waals surface area contributed by atoms with Crippen LogP contribution in [0.5, 0.6) is 0 Å². The zero-order chi connectivity index (χ0) is 11.4. The number of aliphatic hydroxyl groups is 1. The van der Waals surface area contributed by atoms with E-state index in [2.05, 4.69) is 33.8 Å². The molecule has 0 spiro atoms. The van der Waals surface area contributed by atoms with E-state index < -0.39 is 0 Å². The molecule has 0 amide bonds. The lowest BCUT2D eigenvalue weighted by molar-refractivity contribution is 0.393. The van der Waals surface area contributed by atoms with Crippen LogP contribution in [-0.2, 0) is 0 Å². The van der Waals surface area contributed by atoms with Gasteiger partial charge in [-0.25, -0.2) is 0 Å². The lowest BCUT2D eigenvalue weighted by atomic mass is 9.81. The Balaban J connectivity index is 5.04. The molecule has 0 saturated heterocycles. The molecule has 0 rings (SSSR count). The van der Waals surface area contributed by atoms with Gasteiger partial charge in [0.2, 0.25) is 0 Å². The van der Waals surface area contributed by atoms with Gasteiger partial charge in [-0.05, 0) is 24.3 Å². The molecule has 0 saturated carbocycles. The molecule has 14 heavy (non-hydrogen) atoms. The van der Waals surface area contributed by atoms with Crippen molar-refractivity contribution in [3.8, 4) is 0 Å². The molecule has 0 heterocycles. The van der Waals surface area contributed by atoms with Gasteiger partial charge in [-0.3, -0.25) is 0 Å². The Bertz CT molecular complexity index is 240. The van der Waals surface area contributed by atoms with E-state index >= 15 is 0 Å². The molecule has 0 bridgehead atoms. The van der Waals surface area contributed by atoms with Crippen molar-refractivity contribution in [3.63, 3.8) is 0 Å². The van der Waals surface area contributed by atoms with Crippen molar-refractivity contribution in [2.75, 3.05) is 0 Å². The van der Waals surface area contributed by atoms with Crippen LogP contribution in [-0.4, -0.2) is 5.11 Å². The molecular weight excluding hydrogens is 174 g/mol. The van der Waals surface area contributed by atoms with E-state index in [4.69, 9.17) is 5.73 Å². The molecule has 0 unspecified atom stereocenters. The number of hydrogen-bond donors (Lipinski definition) is 2. The average Bonchev–Trinajstić information content (AvgIpc) is 2.02. The van der Waals surface area contributed by atoms with Gasteiger partial charge in [-0.2, -0.15) is 0 Å². The smallest absolute Gasteiger partial charge is 0.184 e. The van der Waals surface area contributed by atoms with E-state index in [1.807, 2.05) is 6.92 Å². The minimum Gasteiger partial charge on any atom is -0.495 e. The molecule has 0 atom stereocenters. The molecule has 82 valence electrons. The first-order valence-electron chi connectivity index (χ1n) is 5.17. The maximum Gasteiger partial charge on any atom is 0.184 e. The highest BCUT2D eigenvalue weighted by molar-refractivity contribution is 5.34. The summed E-state index contributed by atoms with van der Waals surface area (Å²) in [4.78, 5) is 0. The van der Waals surface area contributed by atoms with E-state index in [-0.39, 0.29) is 11.3 Å². The third-order valence-corrected chi connectivity index (χ3v) is 2.23. The highest BCUT2D eigenvalue weighted by atomic mass is 16.3. The number of unbranched alkanes of at least 4 members (excludes halogenated alkanes) is 1. The summed E-state index contributed by atoms with van der Waals surface area (Å²) in [5.74, 6) is -0.0673. The van der Waals surface area contributed by atoms with Crippen LogP contribution in [0.1, 0.15) is 47.5 Å². The second-order valence-electron chi connectivity index (χ2n) is 4.67. The van der Waals surface area contributed by atoms with E-state index in [0.29, 0.717) is 0 Å². The summed E-state index contributed by atoms with van der Waals surface area (Å²) in [5.41, 5.74) is 7.37. The zero-order valence-electron chi connectivity index (χ0n) is 10.0. The van der Waals surface area contributed by atoms with Gasteiger partial charge < -0.3 is 10.8 Å². The lowest BCUT2D eigenvalue weighted by Gasteiger charge is -2.24. The fraction of sp³-hybridized carbons (Fsp3) is 0.667. The van der Waals surface area contributed by atoms with Gasteiger partial charge in [0.25, 0.3) is 0 Å². The summed E-state index contributed by atoms with van der Waals surface area (Å²) in [6.45, 7) is 10.4. The van der Waals surface area contributed by atoms with Crippen LogP contribution < -0.4 is 5.73 Å². The van der Waals surface area contributed by atoms with Gasteiger partial charge in [0.1, 0.15) is 0 Å². The van der Waals surface area contributed by atoms with E-state index in [0.717, 1.165) is 24.0 Å². The van der Waals surface area contributed by atoms with Crippen molar-refractivity contribution in [2.24, 2.45) is 11.1 Å². The molecule has 3 N–H and O–H groups in total. The number of allylic oxidation sites excluding steroid dienone is 3. The second kappa shape index (κ2) is 5.08. The molecule has 0 aliphatic carbocycles. The Morgan fingerprint density at radius 1 is 1.36 bits per heavy atom. The second-order valence-corrected chi connectivity index (χ2v) is 4.67. The van der Waals surface area contributed by atoms with Crippen molar-refractivity contribution >= 4 is 0 Å². The molecule has 2 nitrogen and oxygen atoms in total. The van der Waals surface area contributed by atoms with Gasteiger partial charge in [0.05, 0.1) is 0 Å². The lowest BCUT2D eigenvalue weighted by Crippen LogP contribution is -2.14. The van der Waals surface area contributed by atoms with E-state index in [1.54, 1.807) is 0 Å². The van der Waals surface area contributed by atoms with E-state index in [9.17, 15) is 5.11 Å². The van der Waals surface area contributed by atoms with Gasteiger partial charge in [-0.1, -0.05) is 40.2 Å². The minimum atomic E-state index is -0.0673. The zero-order valence-corrected chi connectivity index (χ0v) is 10.0. The van der Waals surface area contributed by atoms with Crippen molar-refractivity contribution in [1.82, 2.24) is 0 Å². The third-order valence-electron chi connectivity index (χ3n) is 2.23. The molecule has 0 aromatic heterocycles. The Labute approximate surface area is 87.5 Å². The summed E-state index contributed by atoms with van der Waals surface area (Å²) >= 11 is 0. The van der Waals surface area contributed by atoms with Gasteiger partial charge in [0, 0.05) is 5.57 Å². The fourth-order valence-electron chi connectivity index (χ4n) is 1.45. The fourth-order valence-corrected chi connectivity index (χ4v) is 1.45. The maximum absolute atomic E-state index is 9.27. The van der Waals surface area contributed by atoms with Crippen molar-refractivity contribution in [2.45, 2.75) is 47.5 Å². The molecule has 0 aromatic rings. The van der Waals surface area contributed by atoms with Crippen LogP contribution in [0.2, 0.25) is 0 Å². The monoisotopic (exact) mass is 197 g/mol. The number of rotatable bonds is 3. The maximum atomic E-state index is 9.27. The van der Waals surface area contributed by atoms with Gasteiger partial charge >= 0.3 is 0 Å². The number of aliphatic hydroxyl groups excluding tert-OH is 1. The SMILES string of the molecule is CCC/C=C(\C(C)=C(/N)O)C(C)(C)C. The first kappa shape index (κ1) is 13.1. The quantitative estimate of drug-likeness (QED) is 0.537. The highest BCUT2D eigenvalue weighted by Gasteiger charge is 2.19. The standard InChI is InChI=1S/C12H23NO/c1-6-7-8-10(12(3,4)5)9(2)11(13)14/h8,14H,6-7,13H2,1-5H3/b10-8+,11-9+.